The van der Waals surface area contributed by atoms with Gasteiger partial charge < -0.3 is 15.5 Å². The molecule has 0 fully saturated rings. The molecule has 2 aromatic rings. The Labute approximate surface area is 135 Å². The summed E-state index contributed by atoms with van der Waals surface area (Å²) in [7, 11) is 0. The van der Waals surface area contributed by atoms with Gasteiger partial charge in [0, 0.05) is 13.0 Å². The van der Waals surface area contributed by atoms with E-state index in [0.717, 1.165) is 0 Å². The van der Waals surface area contributed by atoms with Gasteiger partial charge in [0.25, 0.3) is 5.56 Å². The second-order valence-corrected chi connectivity index (χ2v) is 5.07. The van der Waals surface area contributed by atoms with Gasteiger partial charge in [-0.1, -0.05) is 12.1 Å². The fourth-order valence-electron chi connectivity index (χ4n) is 2.13. The zero-order valence-electron chi connectivity index (χ0n) is 12.5. The van der Waals surface area contributed by atoms with E-state index in [1.165, 1.54) is 10.9 Å². The lowest BCUT2D eigenvalue weighted by Crippen LogP contribution is -2.42. The average molecular weight is 333 g/mol. The first-order chi connectivity index (χ1) is 11.4. The van der Waals surface area contributed by atoms with Crippen LogP contribution in [0.2, 0.25) is 0 Å². The quantitative estimate of drug-likeness (QED) is 0.639. The number of hydrogen-bond acceptors (Lipinski definition) is 5. The number of amides is 1. The molecule has 0 bridgehead atoms. The van der Waals surface area contributed by atoms with Crippen LogP contribution in [0.5, 0.6) is 0 Å². The SMILES string of the molecule is O=C(O)CC(NC(=O)CCn1cnc2ccccc2c1=O)C(=O)O. The molecule has 1 unspecified atom stereocenters. The molecule has 0 aliphatic carbocycles. The van der Waals surface area contributed by atoms with Crippen LogP contribution < -0.4 is 10.9 Å². The normalized spacial score (nSPS) is 11.8. The van der Waals surface area contributed by atoms with E-state index in [2.05, 4.69) is 10.3 Å². The number of carbonyl (C=O) groups is 3. The third kappa shape index (κ3) is 4.15. The van der Waals surface area contributed by atoms with E-state index in [1.54, 1.807) is 24.3 Å². The average Bonchev–Trinajstić information content (AvgIpc) is 2.53. The number of carboxylic acids is 2. The van der Waals surface area contributed by atoms with Crippen LogP contribution in [0.15, 0.2) is 35.4 Å². The van der Waals surface area contributed by atoms with E-state index in [4.69, 9.17) is 10.2 Å². The molecule has 0 radical (unpaired) electrons. The summed E-state index contributed by atoms with van der Waals surface area (Å²) in [5.74, 6) is -3.43. The molecule has 1 aromatic carbocycles. The first-order valence-corrected chi connectivity index (χ1v) is 7.06. The number of fused-ring (bicyclic) bond motifs is 1. The van der Waals surface area contributed by atoms with E-state index < -0.39 is 30.3 Å². The zero-order chi connectivity index (χ0) is 17.7. The van der Waals surface area contributed by atoms with Crippen molar-refractivity contribution in [3.63, 3.8) is 0 Å². The van der Waals surface area contributed by atoms with Crippen molar-refractivity contribution in [3.05, 3.63) is 40.9 Å². The fourth-order valence-corrected chi connectivity index (χ4v) is 2.13. The Morgan fingerprint density at radius 2 is 1.92 bits per heavy atom. The molecule has 9 heteroatoms. The topological polar surface area (TPSA) is 139 Å². The molecule has 0 spiro atoms. The minimum atomic E-state index is -1.51. The molecule has 1 aromatic heterocycles. The van der Waals surface area contributed by atoms with Gasteiger partial charge in [0.15, 0.2) is 0 Å². The predicted molar refractivity (Wildman–Crippen MR) is 82.4 cm³/mol. The number of nitrogens with zero attached hydrogens (tertiary/aromatic N) is 2. The minimum absolute atomic E-state index is 0.00190. The van der Waals surface area contributed by atoms with Crippen LogP contribution in [0.1, 0.15) is 12.8 Å². The van der Waals surface area contributed by atoms with E-state index >= 15 is 0 Å². The number of benzene rings is 1. The maximum Gasteiger partial charge on any atom is 0.326 e. The summed E-state index contributed by atoms with van der Waals surface area (Å²) >= 11 is 0. The van der Waals surface area contributed by atoms with Gasteiger partial charge in [-0.2, -0.15) is 0 Å². The van der Waals surface area contributed by atoms with Crippen molar-refractivity contribution in [1.82, 2.24) is 14.9 Å². The van der Waals surface area contributed by atoms with Gasteiger partial charge >= 0.3 is 11.9 Å². The first kappa shape index (κ1) is 17.1. The van der Waals surface area contributed by atoms with Crippen LogP contribution in [0.25, 0.3) is 10.9 Å². The Kier molecular flexibility index (Phi) is 5.25. The van der Waals surface area contributed by atoms with Gasteiger partial charge in [0.05, 0.1) is 23.7 Å². The molecular weight excluding hydrogens is 318 g/mol. The Morgan fingerprint density at radius 1 is 1.21 bits per heavy atom. The highest BCUT2D eigenvalue weighted by molar-refractivity contribution is 5.86. The van der Waals surface area contributed by atoms with Crippen molar-refractivity contribution in [2.45, 2.75) is 25.4 Å². The van der Waals surface area contributed by atoms with Crippen LogP contribution in [-0.4, -0.2) is 43.7 Å². The number of para-hydroxylation sites is 1. The summed E-state index contributed by atoms with van der Waals surface area (Å²) in [5.41, 5.74) is 0.226. The molecule has 24 heavy (non-hydrogen) atoms. The summed E-state index contributed by atoms with van der Waals surface area (Å²) in [4.78, 5) is 49.6. The molecule has 3 N–H and O–H groups in total. The highest BCUT2D eigenvalue weighted by atomic mass is 16.4. The van der Waals surface area contributed by atoms with Gasteiger partial charge in [0.1, 0.15) is 6.04 Å². The predicted octanol–water partition coefficient (Wildman–Crippen LogP) is -0.169. The number of aromatic nitrogens is 2. The van der Waals surface area contributed by atoms with Crippen LogP contribution in [-0.2, 0) is 20.9 Å². The Bertz CT molecular complexity index is 844. The standard InChI is InChI=1S/C15H15N3O6/c19-12(17-11(15(23)24)7-13(20)21)5-6-18-8-16-10-4-2-1-3-9(10)14(18)22/h1-4,8,11H,5-7H2,(H,17,19)(H,20,21)(H,23,24). The first-order valence-electron chi connectivity index (χ1n) is 7.06. The summed E-state index contributed by atoms with van der Waals surface area (Å²) in [6.07, 6.45) is 0.408. The van der Waals surface area contributed by atoms with Crippen molar-refractivity contribution in [3.8, 4) is 0 Å². The van der Waals surface area contributed by atoms with Crippen LogP contribution in [0, 0.1) is 0 Å². The van der Waals surface area contributed by atoms with E-state index in [1.807, 2.05) is 0 Å². The van der Waals surface area contributed by atoms with Gasteiger partial charge in [-0.15, -0.1) is 0 Å². The summed E-state index contributed by atoms with van der Waals surface area (Å²) in [6, 6.07) is 5.25. The van der Waals surface area contributed by atoms with Crippen molar-refractivity contribution in [2.75, 3.05) is 0 Å². The molecule has 0 aliphatic heterocycles. The molecule has 0 saturated heterocycles. The Balaban J connectivity index is 2.04. The molecule has 2 rings (SSSR count). The van der Waals surface area contributed by atoms with Gasteiger partial charge in [-0.05, 0) is 12.1 Å². The van der Waals surface area contributed by atoms with Crippen molar-refractivity contribution in [2.24, 2.45) is 0 Å². The number of rotatable bonds is 7. The maximum atomic E-state index is 12.2. The van der Waals surface area contributed by atoms with Gasteiger partial charge in [-0.25, -0.2) is 9.78 Å². The smallest absolute Gasteiger partial charge is 0.326 e. The van der Waals surface area contributed by atoms with Crippen LogP contribution >= 0.6 is 0 Å². The lowest BCUT2D eigenvalue weighted by Gasteiger charge is -2.12. The monoisotopic (exact) mass is 333 g/mol. The highest BCUT2D eigenvalue weighted by Gasteiger charge is 2.22. The second kappa shape index (κ2) is 7.36. The third-order valence-electron chi connectivity index (χ3n) is 3.32. The Morgan fingerprint density at radius 3 is 2.58 bits per heavy atom. The number of nitrogens with one attached hydrogen (secondary N) is 1. The largest absolute Gasteiger partial charge is 0.481 e. The molecule has 9 nitrogen and oxygen atoms in total. The van der Waals surface area contributed by atoms with E-state index in [-0.39, 0.29) is 18.5 Å². The maximum absolute atomic E-state index is 12.2. The van der Waals surface area contributed by atoms with E-state index in [9.17, 15) is 19.2 Å². The highest BCUT2D eigenvalue weighted by Crippen LogP contribution is 2.05. The van der Waals surface area contributed by atoms with Gasteiger partial charge in [-0.3, -0.25) is 19.0 Å². The lowest BCUT2D eigenvalue weighted by atomic mass is 10.2. The van der Waals surface area contributed by atoms with Crippen molar-refractivity contribution < 1.29 is 24.6 Å². The molecule has 0 saturated carbocycles. The summed E-state index contributed by atoms with van der Waals surface area (Å²) in [5, 5.41) is 20.0. The van der Waals surface area contributed by atoms with Crippen LogP contribution in [0.4, 0.5) is 0 Å². The van der Waals surface area contributed by atoms with Crippen LogP contribution in [0.3, 0.4) is 0 Å². The zero-order valence-corrected chi connectivity index (χ0v) is 12.5. The third-order valence-corrected chi connectivity index (χ3v) is 3.32. The fraction of sp³-hybridized carbons (Fsp3) is 0.267. The molecule has 0 aliphatic rings. The Hall–Kier alpha value is -3.23. The molecule has 126 valence electrons. The molecular formula is C15H15N3O6. The molecule has 1 amide bonds. The number of aryl methyl sites for hydroxylation is 1. The van der Waals surface area contributed by atoms with Crippen molar-refractivity contribution >= 4 is 28.7 Å². The van der Waals surface area contributed by atoms with Gasteiger partial charge in [0.2, 0.25) is 5.91 Å². The molecule has 1 heterocycles. The number of carboxylic acid groups (broad SMARTS) is 2. The number of carbonyl (C=O) groups excluding carboxylic acids is 1. The van der Waals surface area contributed by atoms with Crippen molar-refractivity contribution in [1.29, 1.82) is 0 Å². The summed E-state index contributed by atoms with van der Waals surface area (Å²) in [6.45, 7) is 0.00190. The number of aliphatic carboxylic acids is 2. The second-order valence-electron chi connectivity index (χ2n) is 5.07. The minimum Gasteiger partial charge on any atom is -0.481 e. The van der Waals surface area contributed by atoms with E-state index in [0.29, 0.717) is 10.9 Å². The lowest BCUT2D eigenvalue weighted by molar-refractivity contribution is -0.147. The molecule has 1 atom stereocenters. The number of hydrogen-bond donors (Lipinski definition) is 3. The summed E-state index contributed by atoms with van der Waals surface area (Å²) < 4.78 is 1.24.